The van der Waals surface area contributed by atoms with Crippen molar-refractivity contribution in [3.8, 4) is 17.5 Å². The average molecular weight is 213 g/mol. The van der Waals surface area contributed by atoms with Gasteiger partial charge in [-0.3, -0.25) is 4.98 Å². The van der Waals surface area contributed by atoms with Crippen LogP contribution >= 0.6 is 0 Å². The highest BCUT2D eigenvalue weighted by Gasteiger charge is 2.03. The van der Waals surface area contributed by atoms with E-state index >= 15 is 0 Å². The minimum Gasteiger partial charge on any atom is -0.368 e. The van der Waals surface area contributed by atoms with Gasteiger partial charge in [0.1, 0.15) is 5.82 Å². The van der Waals surface area contributed by atoms with Gasteiger partial charge in [-0.25, -0.2) is 4.79 Å². The molecule has 3 N–H and O–H groups in total. The summed E-state index contributed by atoms with van der Waals surface area (Å²) < 4.78 is 0. The Labute approximate surface area is 90.4 Å². The summed E-state index contributed by atoms with van der Waals surface area (Å²) in [4.78, 5) is 20.8. The fourth-order valence-electron chi connectivity index (χ4n) is 1.27. The van der Waals surface area contributed by atoms with Crippen LogP contribution in [0.5, 0.6) is 0 Å². The zero-order chi connectivity index (χ0) is 11.5. The number of aromatic amines is 1. The summed E-state index contributed by atoms with van der Waals surface area (Å²) in [6, 6.07) is 8.69. The number of anilines is 1. The van der Waals surface area contributed by atoms with E-state index in [0.717, 1.165) is 0 Å². The van der Waals surface area contributed by atoms with Crippen molar-refractivity contribution >= 4 is 5.95 Å². The molecule has 0 saturated carbocycles. The molecule has 0 saturated heterocycles. The Morgan fingerprint density at radius 3 is 2.88 bits per heavy atom. The minimum absolute atomic E-state index is 0.0962. The van der Waals surface area contributed by atoms with E-state index in [1.165, 1.54) is 0 Å². The van der Waals surface area contributed by atoms with Gasteiger partial charge in [0.25, 0.3) is 0 Å². The van der Waals surface area contributed by atoms with Crippen molar-refractivity contribution in [2.75, 3.05) is 5.73 Å². The zero-order valence-corrected chi connectivity index (χ0v) is 8.14. The van der Waals surface area contributed by atoms with E-state index in [1.807, 2.05) is 6.07 Å². The number of rotatable bonds is 1. The second-order valence-corrected chi connectivity index (χ2v) is 3.05. The number of nitrogen functional groups attached to an aromatic ring is 1. The monoisotopic (exact) mass is 213 g/mol. The van der Waals surface area contributed by atoms with E-state index in [4.69, 9.17) is 11.0 Å². The molecule has 2 aromatic rings. The molecule has 1 aromatic carbocycles. The third-order valence-corrected chi connectivity index (χ3v) is 1.93. The van der Waals surface area contributed by atoms with Crippen molar-refractivity contribution in [3.05, 3.63) is 40.3 Å². The van der Waals surface area contributed by atoms with Gasteiger partial charge in [0, 0.05) is 5.56 Å². The summed E-state index contributed by atoms with van der Waals surface area (Å²) in [6.07, 6.45) is 0. The van der Waals surface area contributed by atoms with Gasteiger partial charge < -0.3 is 5.73 Å². The number of aromatic nitrogens is 3. The Bertz CT molecular complexity index is 626. The minimum atomic E-state index is -0.565. The molecule has 1 heterocycles. The summed E-state index contributed by atoms with van der Waals surface area (Å²) in [5.41, 5.74) is 5.89. The third-order valence-electron chi connectivity index (χ3n) is 1.93. The molecule has 0 fully saturated rings. The number of hydrogen-bond donors (Lipinski definition) is 2. The lowest BCUT2D eigenvalue weighted by molar-refractivity contribution is 1.01. The van der Waals surface area contributed by atoms with Crippen molar-refractivity contribution in [3.63, 3.8) is 0 Å². The van der Waals surface area contributed by atoms with Gasteiger partial charge in [-0.2, -0.15) is 15.2 Å². The zero-order valence-electron chi connectivity index (χ0n) is 8.14. The van der Waals surface area contributed by atoms with Gasteiger partial charge in [-0.05, 0) is 12.1 Å². The molecule has 2 rings (SSSR count). The van der Waals surface area contributed by atoms with Gasteiger partial charge in [0.15, 0.2) is 0 Å². The Morgan fingerprint density at radius 1 is 1.38 bits per heavy atom. The van der Waals surface area contributed by atoms with E-state index in [2.05, 4.69) is 15.0 Å². The lowest BCUT2D eigenvalue weighted by Gasteiger charge is -2.00. The fourth-order valence-corrected chi connectivity index (χ4v) is 1.27. The van der Waals surface area contributed by atoms with E-state index in [-0.39, 0.29) is 5.95 Å². The SMILES string of the molecule is N#Cc1cccc(-c2nc(N)nc(=O)[nH]2)c1. The Balaban J connectivity index is 2.59. The van der Waals surface area contributed by atoms with E-state index in [1.54, 1.807) is 24.3 Å². The second-order valence-electron chi connectivity index (χ2n) is 3.05. The lowest BCUT2D eigenvalue weighted by atomic mass is 10.1. The first-order chi connectivity index (χ1) is 7.69. The maximum absolute atomic E-state index is 11.1. The van der Waals surface area contributed by atoms with Crippen molar-refractivity contribution in [2.24, 2.45) is 0 Å². The normalized spacial score (nSPS) is 9.69. The number of nitrogens with zero attached hydrogens (tertiary/aromatic N) is 3. The molecular formula is C10H7N5O. The van der Waals surface area contributed by atoms with E-state index in [0.29, 0.717) is 17.0 Å². The van der Waals surface area contributed by atoms with Crippen molar-refractivity contribution in [1.82, 2.24) is 15.0 Å². The van der Waals surface area contributed by atoms with Gasteiger partial charge in [0.2, 0.25) is 5.95 Å². The van der Waals surface area contributed by atoms with Crippen LogP contribution in [-0.4, -0.2) is 15.0 Å². The Hall–Kier alpha value is -2.68. The topological polar surface area (TPSA) is 108 Å². The van der Waals surface area contributed by atoms with Gasteiger partial charge in [0.05, 0.1) is 11.6 Å². The lowest BCUT2D eigenvalue weighted by Crippen LogP contribution is -2.15. The van der Waals surface area contributed by atoms with Crippen molar-refractivity contribution in [1.29, 1.82) is 5.26 Å². The molecular weight excluding hydrogens is 206 g/mol. The first-order valence-electron chi connectivity index (χ1n) is 4.43. The van der Waals surface area contributed by atoms with Crippen molar-refractivity contribution < 1.29 is 0 Å². The Kier molecular flexibility index (Phi) is 2.36. The number of benzene rings is 1. The molecule has 1 aromatic heterocycles. The molecule has 0 bridgehead atoms. The van der Waals surface area contributed by atoms with Crippen LogP contribution in [0, 0.1) is 11.3 Å². The molecule has 0 aliphatic heterocycles. The maximum atomic E-state index is 11.1. The predicted molar refractivity (Wildman–Crippen MR) is 57.2 cm³/mol. The summed E-state index contributed by atoms with van der Waals surface area (Å²) in [6.45, 7) is 0. The summed E-state index contributed by atoms with van der Waals surface area (Å²) in [7, 11) is 0. The highest BCUT2D eigenvalue weighted by molar-refractivity contribution is 5.58. The van der Waals surface area contributed by atoms with Gasteiger partial charge in [-0.15, -0.1) is 0 Å². The highest BCUT2D eigenvalue weighted by atomic mass is 16.1. The standard InChI is InChI=1S/C10H7N5O/c11-5-6-2-1-3-7(4-6)8-13-9(12)15-10(16)14-8/h1-4H,(H3,12,13,14,15,16). The number of nitrogens with two attached hydrogens (primary N) is 1. The molecule has 0 atom stereocenters. The summed E-state index contributed by atoms with van der Waals surface area (Å²) in [5.74, 6) is 0.204. The maximum Gasteiger partial charge on any atom is 0.349 e. The molecule has 0 spiro atoms. The fraction of sp³-hybridized carbons (Fsp3) is 0. The van der Waals surface area contributed by atoms with Gasteiger partial charge in [-0.1, -0.05) is 12.1 Å². The van der Waals surface area contributed by atoms with Crippen LogP contribution in [0.2, 0.25) is 0 Å². The number of H-pyrrole nitrogens is 1. The number of nitrogens with one attached hydrogen (secondary N) is 1. The first-order valence-corrected chi connectivity index (χ1v) is 4.43. The molecule has 0 unspecified atom stereocenters. The number of hydrogen-bond acceptors (Lipinski definition) is 5. The highest BCUT2D eigenvalue weighted by Crippen LogP contribution is 2.14. The van der Waals surface area contributed by atoms with E-state index in [9.17, 15) is 4.79 Å². The van der Waals surface area contributed by atoms with Crippen LogP contribution in [0.1, 0.15) is 5.56 Å². The molecule has 16 heavy (non-hydrogen) atoms. The van der Waals surface area contributed by atoms with Crippen LogP contribution in [0.4, 0.5) is 5.95 Å². The third kappa shape index (κ3) is 1.88. The Morgan fingerprint density at radius 2 is 2.19 bits per heavy atom. The molecule has 6 heteroatoms. The van der Waals surface area contributed by atoms with E-state index < -0.39 is 5.69 Å². The first kappa shape index (κ1) is 9.86. The molecule has 6 nitrogen and oxygen atoms in total. The van der Waals surface area contributed by atoms with Crippen LogP contribution in [0.3, 0.4) is 0 Å². The molecule has 0 radical (unpaired) electrons. The largest absolute Gasteiger partial charge is 0.368 e. The average Bonchev–Trinajstić information content (AvgIpc) is 2.28. The predicted octanol–water partition coefficient (Wildman–Crippen LogP) is 0.286. The smallest absolute Gasteiger partial charge is 0.349 e. The van der Waals surface area contributed by atoms with Gasteiger partial charge >= 0.3 is 5.69 Å². The van der Waals surface area contributed by atoms with Crippen LogP contribution in [-0.2, 0) is 0 Å². The van der Waals surface area contributed by atoms with Crippen LogP contribution in [0.15, 0.2) is 29.1 Å². The number of nitriles is 1. The second kappa shape index (κ2) is 3.82. The van der Waals surface area contributed by atoms with Crippen molar-refractivity contribution in [2.45, 2.75) is 0 Å². The van der Waals surface area contributed by atoms with Crippen LogP contribution in [0.25, 0.3) is 11.4 Å². The molecule has 0 amide bonds. The molecule has 0 aliphatic rings. The summed E-state index contributed by atoms with van der Waals surface area (Å²) >= 11 is 0. The van der Waals surface area contributed by atoms with Crippen LogP contribution < -0.4 is 11.4 Å². The molecule has 0 aliphatic carbocycles. The quantitative estimate of drug-likeness (QED) is 0.707. The summed E-state index contributed by atoms with van der Waals surface area (Å²) in [5, 5.41) is 8.74. The molecule has 78 valence electrons.